The third kappa shape index (κ3) is 5.30. The molecule has 2 N–H and O–H groups in total. The van der Waals surface area contributed by atoms with Crippen molar-refractivity contribution in [2.24, 2.45) is 0 Å². The molecule has 32 heavy (non-hydrogen) atoms. The summed E-state index contributed by atoms with van der Waals surface area (Å²) in [6.45, 7) is 5.47. The van der Waals surface area contributed by atoms with Crippen LogP contribution in [-0.2, 0) is 10.0 Å². The number of non-ortho nitro benzene ring substituents is 1. The number of nitro groups is 1. The highest BCUT2D eigenvalue weighted by Crippen LogP contribution is 2.21. The van der Waals surface area contributed by atoms with Crippen molar-refractivity contribution in [1.82, 2.24) is 5.32 Å². The molecule has 0 spiro atoms. The van der Waals surface area contributed by atoms with Crippen molar-refractivity contribution in [3.8, 4) is 0 Å². The maximum atomic E-state index is 12.6. The quantitative estimate of drug-likeness (QED) is 0.403. The second-order valence-corrected chi connectivity index (χ2v) is 9.16. The summed E-state index contributed by atoms with van der Waals surface area (Å²) in [7, 11) is -3.76. The lowest BCUT2D eigenvalue weighted by Crippen LogP contribution is -2.26. The van der Waals surface area contributed by atoms with Crippen molar-refractivity contribution in [2.45, 2.75) is 31.7 Å². The molecule has 8 nitrogen and oxygen atoms in total. The predicted molar refractivity (Wildman–Crippen MR) is 122 cm³/mol. The van der Waals surface area contributed by atoms with Crippen LogP contribution in [0.25, 0.3) is 0 Å². The van der Waals surface area contributed by atoms with Gasteiger partial charge in [0.25, 0.3) is 21.6 Å². The Kier molecular flexibility index (Phi) is 6.59. The molecule has 9 heteroatoms. The fourth-order valence-electron chi connectivity index (χ4n) is 3.06. The molecule has 3 aromatic rings. The Morgan fingerprint density at radius 1 is 0.969 bits per heavy atom. The third-order valence-electron chi connectivity index (χ3n) is 5.12. The second-order valence-electron chi connectivity index (χ2n) is 7.48. The van der Waals surface area contributed by atoms with Crippen LogP contribution in [0.5, 0.6) is 0 Å². The van der Waals surface area contributed by atoms with E-state index in [1.54, 1.807) is 37.3 Å². The maximum Gasteiger partial charge on any atom is 0.269 e. The summed E-state index contributed by atoms with van der Waals surface area (Å²) < 4.78 is 27.8. The van der Waals surface area contributed by atoms with Gasteiger partial charge >= 0.3 is 0 Å². The summed E-state index contributed by atoms with van der Waals surface area (Å²) in [5.74, 6) is -0.382. The Hall–Kier alpha value is -3.72. The van der Waals surface area contributed by atoms with Crippen molar-refractivity contribution >= 4 is 27.3 Å². The van der Waals surface area contributed by atoms with Gasteiger partial charge in [-0.05, 0) is 73.9 Å². The van der Waals surface area contributed by atoms with Crippen LogP contribution >= 0.6 is 0 Å². The van der Waals surface area contributed by atoms with Crippen molar-refractivity contribution < 1.29 is 18.1 Å². The summed E-state index contributed by atoms with van der Waals surface area (Å²) in [4.78, 5) is 23.2. The molecule has 0 aliphatic carbocycles. The molecule has 0 fully saturated rings. The number of nitrogens with zero attached hydrogens (tertiary/aromatic N) is 1. The molecule has 1 atom stereocenters. The van der Waals surface area contributed by atoms with Crippen LogP contribution in [0.3, 0.4) is 0 Å². The number of carbonyl (C=O) groups excluding carboxylic acids is 1. The fraction of sp³-hybridized carbons (Fsp3) is 0.174. The van der Waals surface area contributed by atoms with E-state index in [9.17, 15) is 23.3 Å². The van der Waals surface area contributed by atoms with Crippen LogP contribution in [0, 0.1) is 24.0 Å². The minimum Gasteiger partial charge on any atom is -0.346 e. The number of carbonyl (C=O) groups is 1. The molecule has 0 aliphatic rings. The highest BCUT2D eigenvalue weighted by molar-refractivity contribution is 7.92. The maximum absolute atomic E-state index is 12.6. The molecule has 0 aliphatic heterocycles. The first-order valence-corrected chi connectivity index (χ1v) is 11.3. The molecule has 0 bridgehead atoms. The Morgan fingerprint density at radius 2 is 1.66 bits per heavy atom. The minimum atomic E-state index is -3.76. The Labute approximate surface area is 186 Å². The number of nitro benzene ring substituents is 1. The van der Waals surface area contributed by atoms with E-state index in [0.717, 1.165) is 11.1 Å². The second kappa shape index (κ2) is 9.19. The predicted octanol–water partition coefficient (Wildman–Crippen LogP) is 4.50. The summed E-state index contributed by atoms with van der Waals surface area (Å²) in [5, 5.41) is 13.7. The van der Waals surface area contributed by atoms with Gasteiger partial charge in [-0.1, -0.05) is 18.2 Å². The lowest BCUT2D eigenvalue weighted by Gasteiger charge is -2.15. The Balaban J connectivity index is 1.69. The number of anilines is 1. The molecule has 1 unspecified atom stereocenters. The van der Waals surface area contributed by atoms with Gasteiger partial charge in [-0.2, -0.15) is 0 Å². The van der Waals surface area contributed by atoms with E-state index in [1.165, 1.54) is 36.4 Å². The number of hydrogen-bond donors (Lipinski definition) is 2. The van der Waals surface area contributed by atoms with E-state index in [0.29, 0.717) is 16.8 Å². The largest absolute Gasteiger partial charge is 0.346 e. The topological polar surface area (TPSA) is 118 Å². The number of rotatable bonds is 7. The molecular formula is C23H23N3O5S. The first-order chi connectivity index (χ1) is 15.1. The summed E-state index contributed by atoms with van der Waals surface area (Å²) >= 11 is 0. The van der Waals surface area contributed by atoms with Gasteiger partial charge in [-0.25, -0.2) is 8.42 Å². The molecule has 3 rings (SSSR count). The van der Waals surface area contributed by atoms with Crippen molar-refractivity contribution in [2.75, 3.05) is 4.72 Å². The van der Waals surface area contributed by atoms with E-state index in [1.807, 2.05) is 13.8 Å². The van der Waals surface area contributed by atoms with Crippen LogP contribution in [0.2, 0.25) is 0 Å². The van der Waals surface area contributed by atoms with Crippen LogP contribution in [0.1, 0.15) is 40.0 Å². The molecule has 0 saturated heterocycles. The van der Waals surface area contributed by atoms with Crippen molar-refractivity contribution in [1.29, 1.82) is 0 Å². The molecule has 166 valence electrons. The molecule has 0 heterocycles. The highest BCUT2D eigenvalue weighted by Gasteiger charge is 2.17. The first kappa shape index (κ1) is 23.0. The number of sulfonamides is 1. The van der Waals surface area contributed by atoms with Gasteiger partial charge in [0.15, 0.2) is 0 Å². The van der Waals surface area contributed by atoms with Crippen LogP contribution < -0.4 is 10.0 Å². The average molecular weight is 454 g/mol. The smallest absolute Gasteiger partial charge is 0.269 e. The number of amides is 1. The SMILES string of the molecule is Cc1ccc(S(=O)(=O)Nc2ccc(C(=O)NC(C)c3cccc([N+](=O)[O-])c3)cc2)cc1C. The molecule has 0 saturated carbocycles. The summed E-state index contributed by atoms with van der Waals surface area (Å²) in [6, 6.07) is 16.5. The third-order valence-corrected chi connectivity index (χ3v) is 6.50. The number of benzene rings is 3. The Bertz CT molecular complexity index is 1270. The number of aryl methyl sites for hydroxylation is 2. The van der Waals surface area contributed by atoms with Gasteiger partial charge in [-0.15, -0.1) is 0 Å². The molecule has 3 aromatic carbocycles. The van der Waals surface area contributed by atoms with Gasteiger partial charge in [0.1, 0.15) is 0 Å². The normalized spacial score (nSPS) is 12.1. The van der Waals surface area contributed by atoms with E-state index in [2.05, 4.69) is 10.0 Å². The summed E-state index contributed by atoms with van der Waals surface area (Å²) in [6.07, 6.45) is 0. The monoisotopic (exact) mass is 453 g/mol. The van der Waals surface area contributed by atoms with Crippen LogP contribution in [-0.4, -0.2) is 19.2 Å². The molecule has 0 radical (unpaired) electrons. The van der Waals surface area contributed by atoms with Crippen LogP contribution in [0.4, 0.5) is 11.4 Å². The highest BCUT2D eigenvalue weighted by atomic mass is 32.2. The zero-order valence-corrected chi connectivity index (χ0v) is 18.6. The fourth-order valence-corrected chi connectivity index (χ4v) is 4.20. The van der Waals surface area contributed by atoms with Gasteiger partial charge in [-0.3, -0.25) is 19.6 Å². The lowest BCUT2D eigenvalue weighted by molar-refractivity contribution is -0.384. The lowest BCUT2D eigenvalue weighted by atomic mass is 10.1. The molecular weight excluding hydrogens is 430 g/mol. The first-order valence-electron chi connectivity index (χ1n) is 9.82. The summed E-state index contributed by atoms with van der Waals surface area (Å²) in [5.41, 5.74) is 3.08. The van der Waals surface area contributed by atoms with Crippen molar-refractivity contribution in [3.05, 3.63) is 99.1 Å². The van der Waals surface area contributed by atoms with Gasteiger partial charge in [0.05, 0.1) is 15.9 Å². The standard InChI is InChI=1S/C23H23N3O5S/c1-15-7-12-22(13-16(15)2)32(30,31)25-20-10-8-18(9-11-20)23(27)24-17(3)19-5-4-6-21(14-19)26(28)29/h4-14,17,25H,1-3H3,(H,24,27). The average Bonchev–Trinajstić information content (AvgIpc) is 2.75. The van der Waals surface area contributed by atoms with Crippen molar-refractivity contribution in [3.63, 3.8) is 0 Å². The van der Waals surface area contributed by atoms with E-state index in [-0.39, 0.29) is 16.5 Å². The van der Waals surface area contributed by atoms with Gasteiger partial charge in [0.2, 0.25) is 0 Å². The van der Waals surface area contributed by atoms with Gasteiger partial charge in [0, 0.05) is 23.4 Å². The van der Waals surface area contributed by atoms with Crippen LogP contribution in [0.15, 0.2) is 71.6 Å². The number of nitrogens with one attached hydrogen (secondary N) is 2. The van der Waals surface area contributed by atoms with Gasteiger partial charge < -0.3 is 5.32 Å². The Morgan fingerprint density at radius 3 is 2.28 bits per heavy atom. The number of hydrogen-bond acceptors (Lipinski definition) is 5. The minimum absolute atomic E-state index is 0.0518. The zero-order valence-electron chi connectivity index (χ0n) is 17.8. The van der Waals surface area contributed by atoms with E-state index >= 15 is 0 Å². The zero-order chi connectivity index (χ0) is 23.5. The molecule has 1 amide bonds. The van der Waals surface area contributed by atoms with E-state index < -0.39 is 21.0 Å². The molecule has 0 aromatic heterocycles. The van der Waals surface area contributed by atoms with E-state index in [4.69, 9.17) is 0 Å².